The molecule has 0 amide bonds. The summed E-state index contributed by atoms with van der Waals surface area (Å²) in [6.07, 6.45) is -0.530. The van der Waals surface area contributed by atoms with Crippen LogP contribution in [0, 0.1) is 0 Å². The van der Waals surface area contributed by atoms with E-state index in [9.17, 15) is 9.90 Å². The third kappa shape index (κ3) is 3.88. The Kier molecular flexibility index (Phi) is 6.74. The summed E-state index contributed by atoms with van der Waals surface area (Å²) in [5.74, 6) is 1.23. The lowest BCUT2D eigenvalue weighted by molar-refractivity contribution is 0.0520. The molecular formula is C20H26O7. The normalized spacial score (nSPS) is 11.8. The van der Waals surface area contributed by atoms with E-state index >= 15 is 0 Å². The van der Waals surface area contributed by atoms with Crippen LogP contribution in [-0.2, 0) is 11.2 Å². The van der Waals surface area contributed by atoms with Crippen molar-refractivity contribution < 1.29 is 33.6 Å². The Balaban J connectivity index is 3.05. The van der Waals surface area contributed by atoms with Gasteiger partial charge in [0.1, 0.15) is 28.6 Å². The molecule has 7 nitrogen and oxygen atoms in total. The summed E-state index contributed by atoms with van der Waals surface area (Å²) in [7, 11) is 6.06. The summed E-state index contributed by atoms with van der Waals surface area (Å²) >= 11 is 0. The summed E-state index contributed by atoms with van der Waals surface area (Å²) < 4.78 is 27.4. The molecule has 1 atom stereocenters. The van der Waals surface area contributed by atoms with Crippen molar-refractivity contribution in [3.8, 4) is 23.0 Å². The largest absolute Gasteiger partial charge is 0.497 e. The van der Waals surface area contributed by atoms with Crippen molar-refractivity contribution in [3.63, 3.8) is 0 Å². The maximum atomic E-state index is 12.7. The van der Waals surface area contributed by atoms with Crippen LogP contribution in [0.5, 0.6) is 23.0 Å². The SMILES string of the molecule is CCOC(=O)c1c(C[C@H](C)O)c(OC)c2c(OC)cc(OC)cc2c1OC. The number of aliphatic hydroxyl groups is 1. The van der Waals surface area contributed by atoms with Crippen molar-refractivity contribution in [2.75, 3.05) is 35.0 Å². The highest BCUT2D eigenvalue weighted by atomic mass is 16.5. The first-order chi connectivity index (χ1) is 12.9. The van der Waals surface area contributed by atoms with Crippen molar-refractivity contribution in [3.05, 3.63) is 23.3 Å². The molecule has 0 saturated carbocycles. The van der Waals surface area contributed by atoms with Gasteiger partial charge in [-0.2, -0.15) is 0 Å². The van der Waals surface area contributed by atoms with Gasteiger partial charge in [0.25, 0.3) is 0 Å². The number of esters is 1. The highest BCUT2D eigenvalue weighted by Gasteiger charge is 2.29. The molecule has 2 rings (SSSR count). The number of rotatable bonds is 8. The molecule has 0 bridgehead atoms. The second-order valence-corrected chi connectivity index (χ2v) is 5.95. The van der Waals surface area contributed by atoms with E-state index in [4.69, 9.17) is 23.7 Å². The number of aliphatic hydroxyl groups excluding tert-OH is 1. The lowest BCUT2D eigenvalue weighted by Gasteiger charge is -2.22. The first kappa shape index (κ1) is 20.6. The quantitative estimate of drug-likeness (QED) is 0.707. The van der Waals surface area contributed by atoms with Crippen LogP contribution in [0.25, 0.3) is 10.8 Å². The second kappa shape index (κ2) is 8.81. The Morgan fingerprint density at radius 3 is 2.19 bits per heavy atom. The highest BCUT2D eigenvalue weighted by Crippen LogP contribution is 2.47. The van der Waals surface area contributed by atoms with Gasteiger partial charge in [0.05, 0.1) is 46.5 Å². The first-order valence-electron chi connectivity index (χ1n) is 8.61. The summed E-state index contributed by atoms with van der Waals surface area (Å²) in [5.41, 5.74) is 0.721. The van der Waals surface area contributed by atoms with E-state index in [1.165, 1.54) is 21.3 Å². The zero-order chi connectivity index (χ0) is 20.1. The van der Waals surface area contributed by atoms with Crippen molar-refractivity contribution in [2.24, 2.45) is 0 Å². The Morgan fingerprint density at radius 2 is 1.70 bits per heavy atom. The molecule has 0 heterocycles. The molecule has 0 unspecified atom stereocenters. The fourth-order valence-corrected chi connectivity index (χ4v) is 3.17. The number of benzene rings is 2. The van der Waals surface area contributed by atoms with E-state index in [0.717, 1.165) is 0 Å². The molecule has 0 aliphatic carbocycles. The number of ether oxygens (including phenoxy) is 5. The Morgan fingerprint density at radius 1 is 1.04 bits per heavy atom. The van der Waals surface area contributed by atoms with Gasteiger partial charge in [0, 0.05) is 23.4 Å². The van der Waals surface area contributed by atoms with Gasteiger partial charge in [0.15, 0.2) is 0 Å². The summed E-state index contributed by atoms with van der Waals surface area (Å²) in [5, 5.41) is 11.2. The van der Waals surface area contributed by atoms with Crippen molar-refractivity contribution >= 4 is 16.7 Å². The summed E-state index contributed by atoms with van der Waals surface area (Å²) in [4.78, 5) is 12.7. The molecule has 2 aromatic carbocycles. The van der Waals surface area contributed by atoms with E-state index in [-0.39, 0.29) is 18.6 Å². The van der Waals surface area contributed by atoms with Crippen LogP contribution in [0.1, 0.15) is 29.8 Å². The van der Waals surface area contributed by atoms with Gasteiger partial charge in [-0.1, -0.05) is 0 Å². The predicted octanol–water partition coefficient (Wildman–Crippen LogP) is 2.97. The Hall–Kier alpha value is -2.67. The number of hydrogen-bond donors (Lipinski definition) is 1. The average Bonchev–Trinajstić information content (AvgIpc) is 2.65. The molecule has 7 heteroatoms. The van der Waals surface area contributed by atoms with Gasteiger partial charge >= 0.3 is 5.97 Å². The van der Waals surface area contributed by atoms with Gasteiger partial charge in [0.2, 0.25) is 0 Å². The molecule has 1 N–H and O–H groups in total. The molecule has 0 saturated heterocycles. The monoisotopic (exact) mass is 378 g/mol. The minimum absolute atomic E-state index is 0.179. The smallest absolute Gasteiger partial charge is 0.342 e. The van der Waals surface area contributed by atoms with Crippen LogP contribution >= 0.6 is 0 Å². The van der Waals surface area contributed by atoms with Gasteiger partial charge in [-0.15, -0.1) is 0 Å². The van der Waals surface area contributed by atoms with Crippen LogP contribution in [0.3, 0.4) is 0 Å². The molecule has 0 aliphatic heterocycles. The van der Waals surface area contributed by atoms with E-state index in [1.54, 1.807) is 33.1 Å². The van der Waals surface area contributed by atoms with Gasteiger partial charge in [-0.25, -0.2) is 4.79 Å². The number of fused-ring (bicyclic) bond motifs is 1. The molecule has 0 fully saturated rings. The first-order valence-corrected chi connectivity index (χ1v) is 8.61. The fourth-order valence-electron chi connectivity index (χ4n) is 3.17. The third-order valence-corrected chi connectivity index (χ3v) is 4.19. The second-order valence-electron chi connectivity index (χ2n) is 5.95. The summed E-state index contributed by atoms with van der Waals surface area (Å²) in [6.45, 7) is 3.57. The lowest BCUT2D eigenvalue weighted by Crippen LogP contribution is -2.16. The van der Waals surface area contributed by atoms with Crippen LogP contribution in [0.4, 0.5) is 0 Å². The van der Waals surface area contributed by atoms with E-state index in [1.807, 2.05) is 0 Å². The van der Waals surface area contributed by atoms with Gasteiger partial charge in [-0.3, -0.25) is 0 Å². The van der Waals surface area contributed by atoms with Gasteiger partial charge in [-0.05, 0) is 19.9 Å². The molecule has 0 aliphatic rings. The van der Waals surface area contributed by atoms with Crippen molar-refractivity contribution in [1.29, 1.82) is 0 Å². The minimum Gasteiger partial charge on any atom is -0.497 e. The Labute approximate surface area is 158 Å². The lowest BCUT2D eigenvalue weighted by atomic mass is 9.93. The zero-order valence-corrected chi connectivity index (χ0v) is 16.5. The molecule has 148 valence electrons. The van der Waals surface area contributed by atoms with Crippen LogP contribution in [0.15, 0.2) is 12.1 Å². The number of carbonyl (C=O) groups excluding carboxylic acids is 1. The maximum Gasteiger partial charge on any atom is 0.342 e. The third-order valence-electron chi connectivity index (χ3n) is 4.19. The van der Waals surface area contributed by atoms with E-state index < -0.39 is 12.1 Å². The van der Waals surface area contributed by atoms with Crippen LogP contribution < -0.4 is 18.9 Å². The molecule has 0 aromatic heterocycles. The Bertz CT molecular complexity index is 827. The topological polar surface area (TPSA) is 83.5 Å². The van der Waals surface area contributed by atoms with Crippen LogP contribution in [0.2, 0.25) is 0 Å². The van der Waals surface area contributed by atoms with Crippen LogP contribution in [-0.4, -0.2) is 52.2 Å². The van der Waals surface area contributed by atoms with Gasteiger partial charge < -0.3 is 28.8 Å². The minimum atomic E-state index is -0.710. The molecule has 2 aromatic rings. The molecule has 0 radical (unpaired) electrons. The number of methoxy groups -OCH3 is 4. The average molecular weight is 378 g/mol. The maximum absolute atomic E-state index is 12.7. The van der Waals surface area contributed by atoms with Crippen molar-refractivity contribution in [2.45, 2.75) is 26.4 Å². The number of hydrogen-bond acceptors (Lipinski definition) is 7. The summed E-state index contributed by atoms with van der Waals surface area (Å²) in [6, 6.07) is 3.47. The molecular weight excluding hydrogens is 352 g/mol. The standard InChI is InChI=1S/C20H26O7/c1-7-27-20(22)17-13(8-11(2)21)18(25-5)16-14(19(17)26-6)9-12(23-3)10-15(16)24-4/h9-11,21H,7-8H2,1-6H3/t11-/m0/s1. The van der Waals surface area contributed by atoms with E-state index in [0.29, 0.717) is 39.3 Å². The predicted molar refractivity (Wildman–Crippen MR) is 101 cm³/mol. The molecule has 0 spiro atoms. The zero-order valence-electron chi connectivity index (χ0n) is 16.5. The highest BCUT2D eigenvalue weighted by molar-refractivity contribution is 6.08. The van der Waals surface area contributed by atoms with Crippen molar-refractivity contribution in [1.82, 2.24) is 0 Å². The molecule has 27 heavy (non-hydrogen) atoms. The number of carbonyl (C=O) groups is 1. The fraction of sp³-hybridized carbons (Fsp3) is 0.450. The van der Waals surface area contributed by atoms with E-state index in [2.05, 4.69) is 0 Å².